The van der Waals surface area contributed by atoms with Gasteiger partial charge in [-0.2, -0.15) is 0 Å². The van der Waals surface area contributed by atoms with E-state index in [1.54, 1.807) is 0 Å². The summed E-state index contributed by atoms with van der Waals surface area (Å²) in [6.45, 7) is 0. The molecule has 0 saturated heterocycles. The monoisotopic (exact) mass is 418 g/mol. The van der Waals surface area contributed by atoms with Gasteiger partial charge in [-0.3, -0.25) is 9.59 Å². The lowest BCUT2D eigenvalue weighted by Crippen LogP contribution is -2.27. The van der Waals surface area contributed by atoms with Crippen LogP contribution in [0.15, 0.2) is 121 Å². The average Bonchev–Trinajstić information content (AvgIpc) is 2.88. The molecule has 4 rings (SSSR count). The second kappa shape index (κ2) is 10.5. The molecule has 0 N–H and O–H groups in total. The highest BCUT2D eigenvalue weighted by atomic mass is 16.1. The van der Waals surface area contributed by atoms with Crippen LogP contribution in [-0.2, 0) is 6.42 Å². The molecule has 0 amide bonds. The third-order valence-electron chi connectivity index (χ3n) is 5.91. The number of rotatable bonds is 9. The minimum atomic E-state index is -0.352. The minimum Gasteiger partial charge on any atom is -0.294 e. The quantitative estimate of drug-likeness (QED) is 0.281. The van der Waals surface area contributed by atoms with E-state index in [2.05, 4.69) is 0 Å². The first-order chi connectivity index (χ1) is 15.7. The van der Waals surface area contributed by atoms with Crippen molar-refractivity contribution in [2.45, 2.75) is 18.8 Å². The van der Waals surface area contributed by atoms with Crippen molar-refractivity contribution in [2.75, 3.05) is 0 Å². The molecule has 0 aliphatic heterocycles. The number of hydrogen-bond donors (Lipinski definition) is 0. The first-order valence-electron chi connectivity index (χ1n) is 11.0. The summed E-state index contributed by atoms with van der Waals surface area (Å²) in [5, 5.41) is 0. The molecule has 158 valence electrons. The number of Topliss-reactive ketones (excluding diaryl/α,β-unsaturated/α-hetero) is 2. The maximum absolute atomic E-state index is 13.8. The fourth-order valence-corrected chi connectivity index (χ4v) is 4.24. The zero-order chi connectivity index (χ0) is 22.2. The average molecular weight is 419 g/mol. The van der Waals surface area contributed by atoms with Gasteiger partial charge in [0.1, 0.15) is 0 Å². The van der Waals surface area contributed by atoms with Crippen molar-refractivity contribution in [3.8, 4) is 0 Å². The Bertz CT molecular complexity index is 1140. The molecule has 32 heavy (non-hydrogen) atoms. The van der Waals surface area contributed by atoms with Crippen molar-refractivity contribution in [2.24, 2.45) is 5.92 Å². The first kappa shape index (κ1) is 21.5. The Hall–Kier alpha value is -3.78. The number of carbonyl (C=O) groups is 2. The normalized spacial score (nSPS) is 12.6. The van der Waals surface area contributed by atoms with E-state index in [1.807, 2.05) is 121 Å². The minimum absolute atomic E-state index is 0.0541. The lowest BCUT2D eigenvalue weighted by Gasteiger charge is -2.27. The van der Waals surface area contributed by atoms with Gasteiger partial charge in [-0.05, 0) is 17.5 Å². The largest absolute Gasteiger partial charge is 0.294 e. The molecule has 0 heterocycles. The summed E-state index contributed by atoms with van der Waals surface area (Å²) >= 11 is 0. The molecule has 0 aliphatic rings. The van der Waals surface area contributed by atoms with Crippen LogP contribution in [0, 0.1) is 5.92 Å². The van der Waals surface area contributed by atoms with Crippen LogP contribution in [0.3, 0.4) is 0 Å². The molecule has 0 saturated carbocycles. The standard InChI is InChI=1S/C30H26O2/c31-29(25-17-9-3-10-18-25)22-27(24-15-7-2-8-16-24)28(21-23-13-5-1-6-14-23)30(32)26-19-11-4-12-20-26/h1-20,27-28H,21-22H2. The molecular weight excluding hydrogens is 392 g/mol. The van der Waals surface area contributed by atoms with Crippen molar-refractivity contribution >= 4 is 11.6 Å². The van der Waals surface area contributed by atoms with Crippen molar-refractivity contribution < 1.29 is 9.59 Å². The van der Waals surface area contributed by atoms with Gasteiger partial charge in [-0.15, -0.1) is 0 Å². The molecule has 0 bridgehead atoms. The van der Waals surface area contributed by atoms with Crippen LogP contribution in [0.4, 0.5) is 0 Å². The number of ketones is 2. The molecule has 4 aromatic carbocycles. The van der Waals surface area contributed by atoms with Gasteiger partial charge in [0.2, 0.25) is 0 Å². The molecule has 2 atom stereocenters. The van der Waals surface area contributed by atoms with Gasteiger partial charge in [-0.1, -0.05) is 121 Å². The highest BCUT2D eigenvalue weighted by molar-refractivity contribution is 6.00. The Morgan fingerprint density at radius 2 is 1.03 bits per heavy atom. The van der Waals surface area contributed by atoms with Crippen molar-refractivity contribution in [1.29, 1.82) is 0 Å². The summed E-state index contributed by atoms with van der Waals surface area (Å²) in [6, 6.07) is 38.8. The fourth-order valence-electron chi connectivity index (χ4n) is 4.24. The van der Waals surface area contributed by atoms with Gasteiger partial charge in [0.25, 0.3) is 0 Å². The molecule has 2 nitrogen and oxygen atoms in total. The van der Waals surface area contributed by atoms with Crippen LogP contribution in [0.5, 0.6) is 0 Å². The van der Waals surface area contributed by atoms with Crippen molar-refractivity contribution in [1.82, 2.24) is 0 Å². The van der Waals surface area contributed by atoms with E-state index in [0.717, 1.165) is 11.1 Å². The third-order valence-corrected chi connectivity index (χ3v) is 5.91. The Labute approximate surface area is 189 Å². The van der Waals surface area contributed by atoms with E-state index in [9.17, 15) is 9.59 Å². The maximum atomic E-state index is 13.8. The number of carbonyl (C=O) groups excluding carboxylic acids is 2. The van der Waals surface area contributed by atoms with Crippen molar-refractivity contribution in [3.63, 3.8) is 0 Å². The van der Waals surface area contributed by atoms with Crippen LogP contribution in [0.25, 0.3) is 0 Å². The highest BCUT2D eigenvalue weighted by Gasteiger charge is 2.32. The lowest BCUT2D eigenvalue weighted by molar-refractivity contribution is 0.0875. The number of benzene rings is 4. The van der Waals surface area contributed by atoms with E-state index in [-0.39, 0.29) is 29.8 Å². The van der Waals surface area contributed by atoms with Gasteiger partial charge >= 0.3 is 0 Å². The molecule has 0 fully saturated rings. The van der Waals surface area contributed by atoms with Gasteiger partial charge < -0.3 is 0 Å². The van der Waals surface area contributed by atoms with Crippen LogP contribution in [0.1, 0.15) is 44.2 Å². The molecule has 0 spiro atoms. The Morgan fingerprint density at radius 3 is 1.59 bits per heavy atom. The SMILES string of the molecule is O=C(CC(c1ccccc1)C(Cc1ccccc1)C(=O)c1ccccc1)c1ccccc1. The molecule has 4 aromatic rings. The highest BCUT2D eigenvalue weighted by Crippen LogP contribution is 2.34. The summed E-state index contributed by atoms with van der Waals surface area (Å²) in [5.41, 5.74) is 3.47. The third kappa shape index (κ3) is 5.28. The molecule has 0 aromatic heterocycles. The predicted molar refractivity (Wildman–Crippen MR) is 129 cm³/mol. The van der Waals surface area contributed by atoms with E-state index in [1.165, 1.54) is 0 Å². The lowest BCUT2D eigenvalue weighted by atomic mass is 9.75. The van der Waals surface area contributed by atoms with Gasteiger partial charge in [-0.25, -0.2) is 0 Å². The fraction of sp³-hybridized carbons (Fsp3) is 0.133. The molecule has 0 radical (unpaired) electrons. The Kier molecular flexibility index (Phi) is 7.04. The summed E-state index contributed by atoms with van der Waals surface area (Å²) in [6.07, 6.45) is 0.861. The van der Waals surface area contributed by atoms with Gasteiger partial charge in [0.05, 0.1) is 0 Å². The summed E-state index contributed by atoms with van der Waals surface area (Å²) in [7, 11) is 0. The number of hydrogen-bond acceptors (Lipinski definition) is 2. The Morgan fingerprint density at radius 1 is 0.562 bits per heavy atom. The van der Waals surface area contributed by atoms with Crippen LogP contribution < -0.4 is 0 Å². The Balaban J connectivity index is 1.74. The van der Waals surface area contributed by atoms with E-state index < -0.39 is 0 Å². The van der Waals surface area contributed by atoms with E-state index in [4.69, 9.17) is 0 Å². The summed E-state index contributed by atoms with van der Waals surface area (Å²) in [4.78, 5) is 27.0. The van der Waals surface area contributed by atoms with Crippen LogP contribution in [0.2, 0.25) is 0 Å². The molecule has 0 aliphatic carbocycles. The van der Waals surface area contributed by atoms with Gasteiger partial charge in [0, 0.05) is 29.4 Å². The first-order valence-corrected chi connectivity index (χ1v) is 11.0. The second-order valence-electron chi connectivity index (χ2n) is 8.04. The zero-order valence-corrected chi connectivity index (χ0v) is 17.9. The van der Waals surface area contributed by atoms with E-state index in [0.29, 0.717) is 17.5 Å². The summed E-state index contributed by atoms with van der Waals surface area (Å²) < 4.78 is 0. The van der Waals surface area contributed by atoms with Crippen molar-refractivity contribution in [3.05, 3.63) is 144 Å². The van der Waals surface area contributed by atoms with Gasteiger partial charge in [0.15, 0.2) is 11.6 Å². The predicted octanol–water partition coefficient (Wildman–Crippen LogP) is 6.79. The smallest absolute Gasteiger partial charge is 0.166 e. The van der Waals surface area contributed by atoms with Crippen LogP contribution in [-0.4, -0.2) is 11.6 Å². The molecule has 2 unspecified atom stereocenters. The summed E-state index contributed by atoms with van der Waals surface area (Å²) in [5.74, 6) is -0.450. The zero-order valence-electron chi connectivity index (χ0n) is 17.9. The van der Waals surface area contributed by atoms with E-state index >= 15 is 0 Å². The molecule has 2 heteroatoms. The van der Waals surface area contributed by atoms with Crippen LogP contribution >= 0.6 is 0 Å². The topological polar surface area (TPSA) is 34.1 Å². The molecular formula is C30H26O2. The second-order valence-corrected chi connectivity index (χ2v) is 8.04. The maximum Gasteiger partial charge on any atom is 0.166 e.